The number of sulfone groups is 1. The molecule has 2 aromatic rings. The lowest BCUT2D eigenvalue weighted by molar-refractivity contribution is 0.588. The van der Waals surface area contributed by atoms with E-state index in [-0.39, 0.29) is 10.1 Å². The van der Waals surface area contributed by atoms with Gasteiger partial charge >= 0.3 is 0 Å². The van der Waals surface area contributed by atoms with Gasteiger partial charge in [0.15, 0.2) is 0 Å². The Kier molecular flexibility index (Phi) is 4.42. The summed E-state index contributed by atoms with van der Waals surface area (Å²) in [6.45, 7) is 2.10. The van der Waals surface area contributed by atoms with E-state index in [1.165, 1.54) is 11.3 Å². The first-order valence-electron chi connectivity index (χ1n) is 6.42. The second kappa shape index (κ2) is 5.88. The zero-order valence-electron chi connectivity index (χ0n) is 10.9. The third-order valence-corrected chi connectivity index (χ3v) is 6.20. The maximum atomic E-state index is 12.2. The van der Waals surface area contributed by atoms with E-state index in [2.05, 4.69) is 11.9 Å². The van der Waals surface area contributed by atoms with E-state index >= 15 is 0 Å². The highest BCUT2D eigenvalue weighted by molar-refractivity contribution is 7.93. The second-order valence-electron chi connectivity index (χ2n) is 4.59. The quantitative estimate of drug-likeness (QED) is 0.656. The van der Waals surface area contributed by atoms with Gasteiger partial charge in [0.1, 0.15) is 0 Å². The number of thiazole rings is 1. The summed E-state index contributed by atoms with van der Waals surface area (Å²) >= 11 is 1.20. The zero-order valence-corrected chi connectivity index (χ0v) is 12.6. The van der Waals surface area contributed by atoms with Crippen molar-refractivity contribution in [2.24, 2.45) is 0 Å². The van der Waals surface area contributed by atoms with Crippen LogP contribution in [0.2, 0.25) is 0 Å². The number of rotatable bonds is 6. The highest BCUT2D eigenvalue weighted by atomic mass is 32.2. The maximum Gasteiger partial charge on any atom is 0.210 e. The van der Waals surface area contributed by atoms with Crippen LogP contribution < -0.4 is 5.73 Å². The van der Waals surface area contributed by atoms with E-state index in [4.69, 9.17) is 5.73 Å². The number of unbranched alkanes of at least 4 members (excludes halogenated alkanes) is 3. The minimum Gasteiger partial charge on any atom is -0.399 e. The Morgan fingerprint density at radius 2 is 2.05 bits per heavy atom. The monoisotopic (exact) mass is 298 g/mol. The van der Waals surface area contributed by atoms with Crippen molar-refractivity contribution in [2.75, 3.05) is 11.5 Å². The maximum absolute atomic E-state index is 12.2. The van der Waals surface area contributed by atoms with Crippen LogP contribution in [0.3, 0.4) is 0 Å². The lowest BCUT2D eigenvalue weighted by Crippen LogP contribution is -2.06. The summed E-state index contributed by atoms with van der Waals surface area (Å²) in [6, 6.07) is 5.26. The molecule has 2 N–H and O–H groups in total. The number of fused-ring (bicyclic) bond motifs is 1. The molecule has 0 radical (unpaired) electrons. The van der Waals surface area contributed by atoms with Crippen molar-refractivity contribution < 1.29 is 8.42 Å². The second-order valence-corrected chi connectivity index (χ2v) is 7.90. The zero-order chi connectivity index (χ0) is 13.9. The van der Waals surface area contributed by atoms with Gasteiger partial charge in [0, 0.05) is 5.69 Å². The number of benzene rings is 1. The standard InChI is InChI=1S/C13H18N2O2S2/c1-2-3-4-5-8-19(16,17)13-15-11-7-6-10(14)9-12(11)18-13/h6-7,9H,2-5,8,14H2,1H3. The number of nitrogen functional groups attached to an aromatic ring is 1. The van der Waals surface area contributed by atoms with Gasteiger partial charge in [0.2, 0.25) is 14.2 Å². The van der Waals surface area contributed by atoms with Crippen LogP contribution in [0.1, 0.15) is 32.6 Å². The van der Waals surface area contributed by atoms with Crippen molar-refractivity contribution in [1.29, 1.82) is 0 Å². The topological polar surface area (TPSA) is 73.0 Å². The molecule has 0 unspecified atom stereocenters. The first-order chi connectivity index (χ1) is 9.03. The average Bonchev–Trinajstić information content (AvgIpc) is 2.78. The summed E-state index contributed by atoms with van der Waals surface area (Å²) < 4.78 is 25.4. The third-order valence-electron chi connectivity index (χ3n) is 2.93. The van der Waals surface area contributed by atoms with Gasteiger partial charge in [-0.2, -0.15) is 0 Å². The molecule has 0 saturated carbocycles. The Hall–Kier alpha value is -1.14. The van der Waals surface area contributed by atoms with Crippen LogP contribution in [0.15, 0.2) is 22.5 Å². The van der Waals surface area contributed by atoms with Gasteiger partial charge < -0.3 is 5.73 Å². The number of anilines is 1. The van der Waals surface area contributed by atoms with E-state index in [0.717, 1.165) is 24.0 Å². The van der Waals surface area contributed by atoms with Crippen LogP contribution in [-0.2, 0) is 9.84 Å². The van der Waals surface area contributed by atoms with E-state index in [1.807, 2.05) is 0 Å². The van der Waals surface area contributed by atoms with Gasteiger partial charge in [-0.05, 0) is 24.6 Å². The van der Waals surface area contributed by atoms with Gasteiger partial charge in [-0.25, -0.2) is 13.4 Å². The molecule has 0 amide bonds. The fraction of sp³-hybridized carbons (Fsp3) is 0.462. The summed E-state index contributed by atoms with van der Waals surface area (Å²) in [5, 5.41) is 0. The van der Waals surface area contributed by atoms with Crippen molar-refractivity contribution in [3.8, 4) is 0 Å². The summed E-state index contributed by atoms with van der Waals surface area (Å²) in [7, 11) is -3.25. The molecule has 6 heteroatoms. The van der Waals surface area contributed by atoms with Crippen LogP contribution in [0.5, 0.6) is 0 Å². The Bertz CT molecular complexity index is 662. The summed E-state index contributed by atoms with van der Waals surface area (Å²) in [5.41, 5.74) is 7.01. The molecular formula is C13H18N2O2S2. The smallest absolute Gasteiger partial charge is 0.210 e. The number of hydrogen-bond donors (Lipinski definition) is 1. The lowest BCUT2D eigenvalue weighted by atomic mass is 10.2. The Morgan fingerprint density at radius 3 is 2.79 bits per heavy atom. The van der Waals surface area contributed by atoms with Crippen molar-refractivity contribution in [3.05, 3.63) is 18.2 Å². The average molecular weight is 298 g/mol. The first kappa shape index (κ1) is 14.3. The molecule has 0 aliphatic rings. The van der Waals surface area contributed by atoms with Crippen LogP contribution in [-0.4, -0.2) is 19.2 Å². The molecule has 0 fully saturated rings. The van der Waals surface area contributed by atoms with Gasteiger partial charge in [-0.15, -0.1) is 11.3 Å². The summed E-state index contributed by atoms with van der Waals surface area (Å²) in [5.74, 6) is 0.183. The molecule has 0 aliphatic carbocycles. The lowest BCUT2D eigenvalue weighted by Gasteiger charge is -1.99. The van der Waals surface area contributed by atoms with Gasteiger partial charge in [0.25, 0.3) is 0 Å². The molecule has 104 valence electrons. The summed E-state index contributed by atoms with van der Waals surface area (Å²) in [6.07, 6.45) is 3.83. The van der Waals surface area contributed by atoms with Crippen molar-refractivity contribution in [1.82, 2.24) is 4.98 Å². The Labute approximate surface area is 117 Å². The van der Waals surface area contributed by atoms with E-state index in [1.54, 1.807) is 18.2 Å². The molecule has 19 heavy (non-hydrogen) atoms. The van der Waals surface area contributed by atoms with Gasteiger partial charge in [-0.1, -0.05) is 26.2 Å². The van der Waals surface area contributed by atoms with Gasteiger partial charge in [-0.3, -0.25) is 0 Å². The predicted molar refractivity (Wildman–Crippen MR) is 80.2 cm³/mol. The van der Waals surface area contributed by atoms with Crippen LogP contribution in [0.25, 0.3) is 10.2 Å². The van der Waals surface area contributed by atoms with E-state index < -0.39 is 9.84 Å². The first-order valence-corrected chi connectivity index (χ1v) is 8.88. The molecular weight excluding hydrogens is 280 g/mol. The molecule has 4 nitrogen and oxygen atoms in total. The molecule has 1 heterocycles. The molecule has 0 bridgehead atoms. The number of aromatic nitrogens is 1. The minimum atomic E-state index is -3.25. The van der Waals surface area contributed by atoms with E-state index in [0.29, 0.717) is 17.6 Å². The van der Waals surface area contributed by atoms with E-state index in [9.17, 15) is 8.42 Å². The van der Waals surface area contributed by atoms with Crippen LogP contribution in [0.4, 0.5) is 5.69 Å². The van der Waals surface area contributed by atoms with Crippen molar-refractivity contribution >= 4 is 37.1 Å². The summed E-state index contributed by atoms with van der Waals surface area (Å²) in [4.78, 5) is 4.20. The highest BCUT2D eigenvalue weighted by Crippen LogP contribution is 2.28. The van der Waals surface area contributed by atoms with Crippen molar-refractivity contribution in [3.63, 3.8) is 0 Å². The molecule has 0 saturated heterocycles. The molecule has 1 aromatic heterocycles. The fourth-order valence-corrected chi connectivity index (χ4v) is 4.63. The number of nitrogens with zero attached hydrogens (tertiary/aromatic N) is 1. The molecule has 0 atom stereocenters. The molecule has 0 aliphatic heterocycles. The van der Waals surface area contributed by atoms with Crippen LogP contribution in [0, 0.1) is 0 Å². The third kappa shape index (κ3) is 3.45. The molecule has 0 spiro atoms. The molecule has 1 aromatic carbocycles. The normalized spacial score (nSPS) is 12.1. The Morgan fingerprint density at radius 1 is 1.26 bits per heavy atom. The number of hydrogen-bond acceptors (Lipinski definition) is 5. The van der Waals surface area contributed by atoms with Gasteiger partial charge in [0.05, 0.1) is 16.0 Å². The minimum absolute atomic E-state index is 0.183. The largest absolute Gasteiger partial charge is 0.399 e. The predicted octanol–water partition coefficient (Wildman–Crippen LogP) is 3.23. The SMILES string of the molecule is CCCCCCS(=O)(=O)c1nc2ccc(N)cc2s1. The Balaban J connectivity index is 2.18. The number of nitrogens with two attached hydrogens (primary N) is 1. The van der Waals surface area contributed by atoms with Crippen molar-refractivity contribution in [2.45, 2.75) is 36.9 Å². The fourth-order valence-electron chi connectivity index (χ4n) is 1.86. The highest BCUT2D eigenvalue weighted by Gasteiger charge is 2.19. The molecule has 2 rings (SSSR count). The van der Waals surface area contributed by atoms with Crippen LogP contribution >= 0.6 is 11.3 Å².